The lowest BCUT2D eigenvalue weighted by Gasteiger charge is -2.36. The minimum absolute atomic E-state index is 0.00998. The molecule has 2 heterocycles. The summed E-state index contributed by atoms with van der Waals surface area (Å²) in [6.07, 6.45) is 4.19. The quantitative estimate of drug-likeness (QED) is 0.401. The van der Waals surface area contributed by atoms with E-state index in [1.165, 1.54) is 0 Å². The number of fused-ring (bicyclic) bond motifs is 1. The second kappa shape index (κ2) is 10.7. The highest BCUT2D eigenvalue weighted by atomic mass is 35.5. The van der Waals surface area contributed by atoms with Crippen LogP contribution in [0.15, 0.2) is 45.8 Å². The maximum absolute atomic E-state index is 12.9. The number of halogens is 2. The zero-order valence-electron chi connectivity index (χ0n) is 18.9. The molecule has 1 saturated heterocycles. The Kier molecular flexibility index (Phi) is 7.68. The van der Waals surface area contributed by atoms with Gasteiger partial charge in [0.1, 0.15) is 5.58 Å². The zero-order chi connectivity index (χ0) is 23.4. The van der Waals surface area contributed by atoms with Crippen LogP contribution in [0.3, 0.4) is 0 Å². The van der Waals surface area contributed by atoms with E-state index in [1.54, 1.807) is 32.6 Å². The molecule has 176 valence electrons. The van der Waals surface area contributed by atoms with E-state index in [4.69, 9.17) is 37.1 Å². The normalized spacial score (nSPS) is 14.6. The highest BCUT2D eigenvalue weighted by Crippen LogP contribution is 2.33. The van der Waals surface area contributed by atoms with Crippen molar-refractivity contribution in [2.45, 2.75) is 19.3 Å². The molecule has 0 saturated carbocycles. The summed E-state index contributed by atoms with van der Waals surface area (Å²) in [5.74, 6) is 1.06. The molecule has 0 radical (unpaired) electrons. The second-order valence-electron chi connectivity index (χ2n) is 8.15. The lowest BCUT2D eigenvalue weighted by molar-refractivity contribution is 0.253. The van der Waals surface area contributed by atoms with Gasteiger partial charge in [-0.05, 0) is 44.0 Å². The Balaban J connectivity index is 1.29. The average Bonchev–Trinajstić information content (AvgIpc) is 2.84. The van der Waals surface area contributed by atoms with E-state index >= 15 is 0 Å². The standard InChI is InChI=1S/C25H28Cl2N2O4/c1-31-22-14-18-21(15-23(22)32-2)33-16-17(25(18)30)6-3-4-9-28-10-12-29(13-11-28)20-8-5-7-19(26)24(20)27/h5,7-8,14-16H,3-4,6,9-13H2,1-2H3. The first-order valence-corrected chi connectivity index (χ1v) is 11.8. The van der Waals surface area contributed by atoms with Gasteiger partial charge in [-0.25, -0.2) is 0 Å². The van der Waals surface area contributed by atoms with Crippen LogP contribution >= 0.6 is 23.2 Å². The molecule has 0 bridgehead atoms. The zero-order valence-corrected chi connectivity index (χ0v) is 20.4. The maximum Gasteiger partial charge on any atom is 0.195 e. The number of nitrogens with zero attached hydrogens (tertiary/aromatic N) is 2. The summed E-state index contributed by atoms with van der Waals surface area (Å²) >= 11 is 12.5. The molecule has 0 aliphatic carbocycles. The van der Waals surface area contributed by atoms with Gasteiger partial charge in [-0.2, -0.15) is 0 Å². The fourth-order valence-electron chi connectivity index (χ4n) is 4.27. The van der Waals surface area contributed by atoms with E-state index in [2.05, 4.69) is 9.80 Å². The molecule has 0 amide bonds. The molecule has 1 aliphatic rings. The number of rotatable bonds is 8. The Morgan fingerprint density at radius 2 is 1.73 bits per heavy atom. The number of anilines is 1. The Morgan fingerprint density at radius 3 is 2.45 bits per heavy atom. The first kappa shape index (κ1) is 23.7. The van der Waals surface area contributed by atoms with E-state index < -0.39 is 0 Å². The Hall–Kier alpha value is -2.41. The van der Waals surface area contributed by atoms with Gasteiger partial charge in [0, 0.05) is 37.8 Å². The molecule has 1 aromatic heterocycles. The summed E-state index contributed by atoms with van der Waals surface area (Å²) in [5.41, 5.74) is 2.18. The van der Waals surface area contributed by atoms with Crippen molar-refractivity contribution < 1.29 is 13.9 Å². The van der Waals surface area contributed by atoms with Crippen molar-refractivity contribution in [1.29, 1.82) is 0 Å². The molecule has 1 fully saturated rings. The molecule has 1 aliphatic heterocycles. The molecule has 4 rings (SSSR count). The predicted octanol–water partition coefficient (Wildman–Crippen LogP) is 5.26. The number of piperazine rings is 1. The number of unbranched alkanes of at least 4 members (excludes halogenated alkanes) is 1. The van der Waals surface area contributed by atoms with E-state index in [-0.39, 0.29) is 5.43 Å². The van der Waals surface area contributed by atoms with Crippen LogP contribution in [0.2, 0.25) is 10.0 Å². The average molecular weight is 491 g/mol. The lowest BCUT2D eigenvalue weighted by Crippen LogP contribution is -2.46. The van der Waals surface area contributed by atoms with E-state index in [9.17, 15) is 4.79 Å². The fourth-order valence-corrected chi connectivity index (χ4v) is 4.68. The van der Waals surface area contributed by atoms with E-state index in [0.717, 1.165) is 51.3 Å². The number of methoxy groups -OCH3 is 2. The molecule has 0 spiro atoms. The largest absolute Gasteiger partial charge is 0.493 e. The summed E-state index contributed by atoms with van der Waals surface area (Å²) in [4.78, 5) is 17.7. The highest BCUT2D eigenvalue weighted by Gasteiger charge is 2.19. The van der Waals surface area contributed by atoms with Crippen LogP contribution in [0.4, 0.5) is 5.69 Å². The number of hydrogen-bond acceptors (Lipinski definition) is 6. The summed E-state index contributed by atoms with van der Waals surface area (Å²) in [5, 5.41) is 1.73. The summed E-state index contributed by atoms with van der Waals surface area (Å²) < 4.78 is 16.3. The monoisotopic (exact) mass is 490 g/mol. The van der Waals surface area contributed by atoms with Crippen molar-refractivity contribution in [3.63, 3.8) is 0 Å². The third-order valence-corrected chi connectivity index (χ3v) is 6.97. The minimum Gasteiger partial charge on any atom is -0.493 e. The summed E-state index contributed by atoms with van der Waals surface area (Å²) in [6.45, 7) is 4.78. The molecular weight excluding hydrogens is 463 g/mol. The number of ether oxygens (including phenoxy) is 2. The lowest BCUT2D eigenvalue weighted by atomic mass is 10.1. The van der Waals surface area contributed by atoms with Gasteiger partial charge in [0.05, 0.1) is 41.6 Å². The van der Waals surface area contributed by atoms with Crippen molar-refractivity contribution in [2.75, 3.05) is 51.8 Å². The molecule has 33 heavy (non-hydrogen) atoms. The van der Waals surface area contributed by atoms with Crippen LogP contribution in [-0.2, 0) is 6.42 Å². The summed E-state index contributed by atoms with van der Waals surface area (Å²) in [6, 6.07) is 9.15. The minimum atomic E-state index is -0.00998. The molecule has 2 aromatic carbocycles. The van der Waals surface area contributed by atoms with Crippen LogP contribution in [0.1, 0.15) is 18.4 Å². The van der Waals surface area contributed by atoms with Crippen LogP contribution in [-0.4, -0.2) is 51.8 Å². The number of benzene rings is 2. The van der Waals surface area contributed by atoms with Gasteiger partial charge in [0.2, 0.25) is 0 Å². The van der Waals surface area contributed by atoms with Gasteiger partial charge < -0.3 is 18.8 Å². The first-order valence-electron chi connectivity index (χ1n) is 11.1. The molecule has 0 N–H and O–H groups in total. The fraction of sp³-hybridized carbons (Fsp3) is 0.400. The van der Waals surface area contributed by atoms with Crippen molar-refractivity contribution in [3.05, 3.63) is 62.4 Å². The Labute approximate surface area is 203 Å². The maximum atomic E-state index is 12.9. The van der Waals surface area contributed by atoms with Crippen molar-refractivity contribution >= 4 is 39.9 Å². The van der Waals surface area contributed by atoms with Gasteiger partial charge in [0.15, 0.2) is 16.9 Å². The molecule has 0 atom stereocenters. The van der Waals surface area contributed by atoms with Crippen LogP contribution < -0.4 is 19.8 Å². The van der Waals surface area contributed by atoms with Gasteiger partial charge in [0.25, 0.3) is 0 Å². The van der Waals surface area contributed by atoms with Crippen LogP contribution in [0.25, 0.3) is 11.0 Å². The molecule has 6 nitrogen and oxygen atoms in total. The molecule has 0 unspecified atom stereocenters. The van der Waals surface area contributed by atoms with E-state index in [1.807, 2.05) is 18.2 Å². The molecular formula is C25H28Cl2N2O4. The topological polar surface area (TPSA) is 55.2 Å². The van der Waals surface area contributed by atoms with Crippen molar-refractivity contribution in [1.82, 2.24) is 4.90 Å². The third-order valence-electron chi connectivity index (χ3n) is 6.16. The molecule has 3 aromatic rings. The predicted molar refractivity (Wildman–Crippen MR) is 134 cm³/mol. The number of aryl methyl sites for hydroxylation is 1. The van der Waals surface area contributed by atoms with Crippen LogP contribution in [0, 0.1) is 0 Å². The third kappa shape index (κ3) is 5.24. The van der Waals surface area contributed by atoms with E-state index in [0.29, 0.717) is 44.5 Å². The van der Waals surface area contributed by atoms with Crippen molar-refractivity contribution in [2.24, 2.45) is 0 Å². The van der Waals surface area contributed by atoms with Crippen molar-refractivity contribution in [3.8, 4) is 11.5 Å². The SMILES string of the molecule is COc1cc2occ(CCCCN3CCN(c4cccc(Cl)c4Cl)CC3)c(=O)c2cc1OC. The van der Waals surface area contributed by atoms with Gasteiger partial charge >= 0.3 is 0 Å². The Morgan fingerprint density at radius 1 is 1.00 bits per heavy atom. The number of hydrogen-bond donors (Lipinski definition) is 0. The summed E-state index contributed by atoms with van der Waals surface area (Å²) in [7, 11) is 3.11. The first-order chi connectivity index (χ1) is 16.0. The Bertz CT molecular complexity index is 1170. The van der Waals surface area contributed by atoms with Gasteiger partial charge in [-0.15, -0.1) is 0 Å². The second-order valence-corrected chi connectivity index (χ2v) is 8.94. The molecule has 8 heteroatoms. The van der Waals surface area contributed by atoms with Crippen LogP contribution in [0.5, 0.6) is 11.5 Å². The smallest absolute Gasteiger partial charge is 0.195 e. The highest BCUT2D eigenvalue weighted by molar-refractivity contribution is 6.43. The van der Waals surface area contributed by atoms with Gasteiger partial charge in [-0.1, -0.05) is 29.3 Å². The van der Waals surface area contributed by atoms with Gasteiger partial charge in [-0.3, -0.25) is 9.69 Å².